The molecule has 0 saturated heterocycles. The van der Waals surface area contributed by atoms with Gasteiger partial charge in [0.15, 0.2) is 0 Å². The van der Waals surface area contributed by atoms with Gasteiger partial charge in [-0.3, -0.25) is 4.79 Å². The van der Waals surface area contributed by atoms with E-state index in [1.807, 2.05) is 37.3 Å². The van der Waals surface area contributed by atoms with Crippen molar-refractivity contribution in [1.82, 2.24) is 9.47 Å². The van der Waals surface area contributed by atoms with E-state index in [4.69, 9.17) is 0 Å². The maximum absolute atomic E-state index is 12.6. The van der Waals surface area contributed by atoms with Crippen molar-refractivity contribution in [3.8, 4) is 0 Å². The molecule has 0 aliphatic rings. The largest absolute Gasteiger partial charge is 0.389 e. The molecular formula is C19H25N3O3. The van der Waals surface area contributed by atoms with Gasteiger partial charge in [0, 0.05) is 12.7 Å². The Balaban J connectivity index is 2.16. The van der Waals surface area contributed by atoms with Crippen molar-refractivity contribution in [2.24, 2.45) is 0 Å². The standard InChI is InChI=1S/C19H25N3O3/c1-4-21(14-19(2,3)25)18(24)20-16-11-8-12-22(17(16)23)13-15-9-6-5-7-10-15/h5-12,25H,4,13-14H2,1-3H3,(H,20,24). The van der Waals surface area contributed by atoms with E-state index in [0.717, 1.165) is 5.56 Å². The highest BCUT2D eigenvalue weighted by molar-refractivity contribution is 5.89. The number of nitrogens with zero attached hydrogens (tertiary/aromatic N) is 2. The molecule has 2 N–H and O–H groups in total. The Kier molecular flexibility index (Phi) is 5.98. The fourth-order valence-corrected chi connectivity index (χ4v) is 2.53. The summed E-state index contributed by atoms with van der Waals surface area (Å²) in [6.07, 6.45) is 1.69. The van der Waals surface area contributed by atoms with E-state index in [9.17, 15) is 14.7 Å². The second-order valence-electron chi connectivity index (χ2n) is 6.60. The number of aliphatic hydroxyl groups is 1. The molecule has 0 fully saturated rings. The van der Waals surface area contributed by atoms with Gasteiger partial charge in [-0.15, -0.1) is 0 Å². The van der Waals surface area contributed by atoms with Crippen LogP contribution in [-0.4, -0.2) is 39.3 Å². The first-order chi connectivity index (χ1) is 11.8. The lowest BCUT2D eigenvalue weighted by atomic mass is 10.1. The molecule has 0 atom stereocenters. The van der Waals surface area contributed by atoms with Crippen molar-refractivity contribution in [1.29, 1.82) is 0 Å². The summed E-state index contributed by atoms with van der Waals surface area (Å²) in [6.45, 7) is 6.15. The predicted molar refractivity (Wildman–Crippen MR) is 98.8 cm³/mol. The maximum Gasteiger partial charge on any atom is 0.322 e. The number of hydrogen-bond donors (Lipinski definition) is 2. The molecule has 25 heavy (non-hydrogen) atoms. The number of hydrogen-bond acceptors (Lipinski definition) is 3. The van der Waals surface area contributed by atoms with Gasteiger partial charge in [-0.2, -0.15) is 0 Å². The first-order valence-corrected chi connectivity index (χ1v) is 8.32. The van der Waals surface area contributed by atoms with E-state index in [1.54, 1.807) is 36.7 Å². The van der Waals surface area contributed by atoms with Crippen LogP contribution in [0, 0.1) is 0 Å². The number of benzene rings is 1. The Morgan fingerprint density at radius 3 is 2.48 bits per heavy atom. The van der Waals surface area contributed by atoms with Crippen molar-refractivity contribution in [3.63, 3.8) is 0 Å². The van der Waals surface area contributed by atoms with Gasteiger partial charge in [0.2, 0.25) is 0 Å². The number of urea groups is 1. The molecule has 6 nitrogen and oxygen atoms in total. The van der Waals surface area contributed by atoms with Crippen LogP contribution in [0.2, 0.25) is 0 Å². The number of carbonyl (C=O) groups is 1. The highest BCUT2D eigenvalue weighted by Gasteiger charge is 2.22. The molecule has 2 rings (SSSR count). The maximum atomic E-state index is 12.6. The number of carbonyl (C=O) groups excluding carboxylic acids is 1. The van der Waals surface area contributed by atoms with Gasteiger partial charge in [-0.25, -0.2) is 4.79 Å². The van der Waals surface area contributed by atoms with Crippen LogP contribution < -0.4 is 10.9 Å². The number of nitrogens with one attached hydrogen (secondary N) is 1. The molecule has 0 radical (unpaired) electrons. The minimum absolute atomic E-state index is 0.181. The van der Waals surface area contributed by atoms with Gasteiger partial charge in [0.1, 0.15) is 5.69 Å². The molecule has 2 aromatic rings. The molecule has 0 saturated carbocycles. The lowest BCUT2D eigenvalue weighted by Crippen LogP contribution is -2.44. The number of anilines is 1. The average molecular weight is 343 g/mol. The predicted octanol–water partition coefficient (Wildman–Crippen LogP) is 2.52. The SMILES string of the molecule is CCN(CC(C)(C)O)C(=O)Nc1cccn(Cc2ccccc2)c1=O. The molecule has 0 unspecified atom stereocenters. The van der Waals surface area contributed by atoms with Crippen LogP contribution in [0.5, 0.6) is 0 Å². The van der Waals surface area contributed by atoms with Crippen molar-refractivity contribution < 1.29 is 9.90 Å². The van der Waals surface area contributed by atoms with Crippen molar-refractivity contribution in [3.05, 3.63) is 64.6 Å². The van der Waals surface area contributed by atoms with Gasteiger partial charge in [0.25, 0.3) is 5.56 Å². The second-order valence-corrected chi connectivity index (χ2v) is 6.60. The second kappa shape index (κ2) is 7.98. The third-order valence-electron chi connectivity index (χ3n) is 3.70. The summed E-state index contributed by atoms with van der Waals surface area (Å²) in [4.78, 5) is 26.5. The number of pyridine rings is 1. The number of aromatic nitrogens is 1. The number of likely N-dealkylation sites (N-methyl/N-ethyl adjacent to an activating group) is 1. The molecule has 1 aromatic heterocycles. The van der Waals surface area contributed by atoms with E-state index in [0.29, 0.717) is 13.1 Å². The monoisotopic (exact) mass is 343 g/mol. The van der Waals surface area contributed by atoms with Crippen molar-refractivity contribution >= 4 is 11.7 Å². The van der Waals surface area contributed by atoms with Gasteiger partial charge >= 0.3 is 6.03 Å². The lowest BCUT2D eigenvalue weighted by molar-refractivity contribution is 0.0501. The Morgan fingerprint density at radius 2 is 1.88 bits per heavy atom. The molecule has 1 heterocycles. The highest BCUT2D eigenvalue weighted by atomic mass is 16.3. The summed E-state index contributed by atoms with van der Waals surface area (Å²) in [7, 11) is 0. The topological polar surface area (TPSA) is 74.6 Å². The number of rotatable bonds is 6. The minimum Gasteiger partial charge on any atom is -0.389 e. The van der Waals surface area contributed by atoms with Crippen LogP contribution in [0.15, 0.2) is 53.5 Å². The van der Waals surface area contributed by atoms with E-state index >= 15 is 0 Å². The van der Waals surface area contributed by atoms with Gasteiger partial charge in [0.05, 0.1) is 18.7 Å². The van der Waals surface area contributed by atoms with Crippen LogP contribution >= 0.6 is 0 Å². The van der Waals surface area contributed by atoms with Gasteiger partial charge in [-0.05, 0) is 38.5 Å². The third kappa shape index (κ3) is 5.46. The van der Waals surface area contributed by atoms with Crippen molar-refractivity contribution in [2.75, 3.05) is 18.4 Å². The first kappa shape index (κ1) is 18.7. The lowest BCUT2D eigenvalue weighted by Gasteiger charge is -2.28. The smallest absolute Gasteiger partial charge is 0.322 e. The zero-order chi connectivity index (χ0) is 18.4. The van der Waals surface area contributed by atoms with Crippen LogP contribution in [0.4, 0.5) is 10.5 Å². The number of amides is 2. The average Bonchev–Trinajstić information content (AvgIpc) is 2.56. The Hall–Kier alpha value is -2.60. The summed E-state index contributed by atoms with van der Waals surface area (Å²) in [5.41, 5.74) is -0.0423. The van der Waals surface area contributed by atoms with E-state index in [1.165, 1.54) is 4.90 Å². The fraction of sp³-hybridized carbons (Fsp3) is 0.368. The Morgan fingerprint density at radius 1 is 1.20 bits per heavy atom. The molecule has 2 amide bonds. The molecule has 1 aromatic carbocycles. The van der Waals surface area contributed by atoms with Crippen molar-refractivity contribution in [2.45, 2.75) is 32.9 Å². The summed E-state index contributed by atoms with van der Waals surface area (Å²) in [6, 6.07) is 12.6. The van der Waals surface area contributed by atoms with Gasteiger partial charge in [-0.1, -0.05) is 30.3 Å². The van der Waals surface area contributed by atoms with E-state index in [2.05, 4.69) is 5.32 Å². The normalized spacial score (nSPS) is 11.2. The Bertz CT molecular complexity index is 763. The summed E-state index contributed by atoms with van der Waals surface area (Å²) < 4.78 is 1.55. The molecule has 0 aliphatic carbocycles. The molecule has 0 aliphatic heterocycles. The minimum atomic E-state index is -1.00. The van der Waals surface area contributed by atoms with Crippen LogP contribution in [-0.2, 0) is 6.54 Å². The van der Waals surface area contributed by atoms with Gasteiger partial charge < -0.3 is 19.9 Å². The third-order valence-corrected chi connectivity index (χ3v) is 3.70. The van der Waals surface area contributed by atoms with Crippen LogP contribution in [0.3, 0.4) is 0 Å². The molecule has 0 spiro atoms. The summed E-state index contributed by atoms with van der Waals surface area (Å²) in [5, 5.41) is 12.6. The highest BCUT2D eigenvalue weighted by Crippen LogP contribution is 2.08. The zero-order valence-corrected chi connectivity index (χ0v) is 14.9. The molecule has 6 heteroatoms. The summed E-state index contributed by atoms with van der Waals surface area (Å²) >= 11 is 0. The van der Waals surface area contributed by atoms with E-state index in [-0.39, 0.29) is 17.8 Å². The first-order valence-electron chi connectivity index (χ1n) is 8.32. The summed E-state index contributed by atoms with van der Waals surface area (Å²) in [5.74, 6) is 0. The molecule has 0 bridgehead atoms. The van der Waals surface area contributed by atoms with Crippen LogP contribution in [0.1, 0.15) is 26.3 Å². The zero-order valence-electron chi connectivity index (χ0n) is 14.9. The fourth-order valence-electron chi connectivity index (χ4n) is 2.53. The van der Waals surface area contributed by atoms with Crippen LogP contribution in [0.25, 0.3) is 0 Å². The quantitative estimate of drug-likeness (QED) is 0.846. The molecular weight excluding hydrogens is 318 g/mol. The Labute approximate surface area is 147 Å². The molecule has 134 valence electrons. The van der Waals surface area contributed by atoms with E-state index < -0.39 is 11.6 Å².